The molecule has 0 aliphatic carbocycles. The SMILES string of the molecule is Cc1noc(C)c1-c1cc2c(c(-c3c(C)noc3C)c1)OCC(=O)N2.Cc1noc(C)c1B1OC(C)(C)C(C)(C)O1.Nc1cc(Br)cc(Br)c1O.O=C1COc2c(Br)cc(Br)cc2N1. The third-order valence-electron chi connectivity index (χ3n) is 10.6. The summed E-state index contributed by atoms with van der Waals surface area (Å²) in [6, 6.07) is 10.9. The van der Waals surface area contributed by atoms with Crippen LogP contribution in [-0.4, -0.2) is 63.9 Å². The first-order valence-corrected chi connectivity index (χ1v) is 22.8. The number of anilines is 3. The number of benzene rings is 3. The number of fused-ring (bicyclic) bond motifs is 2. The largest absolute Gasteiger partial charge is 0.505 e. The first-order valence-electron chi connectivity index (χ1n) is 19.6. The predicted molar refractivity (Wildman–Crippen MR) is 256 cm³/mol. The molecule has 338 valence electrons. The number of nitrogens with two attached hydrogens (primary N) is 1. The third kappa shape index (κ3) is 10.5. The van der Waals surface area contributed by atoms with Crippen molar-refractivity contribution >= 4 is 105 Å². The van der Waals surface area contributed by atoms with Crippen molar-refractivity contribution in [3.63, 3.8) is 0 Å². The molecule has 0 unspecified atom stereocenters. The topological polar surface area (TPSA) is 219 Å². The van der Waals surface area contributed by atoms with Crippen LogP contribution in [0.2, 0.25) is 0 Å². The summed E-state index contributed by atoms with van der Waals surface area (Å²) >= 11 is 13.0. The number of phenolic OH excluding ortho intramolecular Hbond substituents is 1. The highest BCUT2D eigenvalue weighted by Crippen LogP contribution is 2.45. The maximum atomic E-state index is 11.8. The van der Waals surface area contributed by atoms with Gasteiger partial charge in [-0.15, -0.1) is 0 Å². The number of rotatable bonds is 3. The molecule has 6 heterocycles. The Morgan fingerprint density at radius 1 is 0.641 bits per heavy atom. The summed E-state index contributed by atoms with van der Waals surface area (Å²) < 4.78 is 41.8. The van der Waals surface area contributed by atoms with Gasteiger partial charge in [-0.2, -0.15) is 0 Å². The number of halogens is 4. The van der Waals surface area contributed by atoms with E-state index in [0.29, 0.717) is 44.6 Å². The summed E-state index contributed by atoms with van der Waals surface area (Å²) in [6.07, 6.45) is 0. The maximum absolute atomic E-state index is 11.8. The second-order valence-corrected chi connectivity index (χ2v) is 19.4. The van der Waals surface area contributed by atoms with Crippen LogP contribution in [-0.2, 0) is 18.9 Å². The number of nitrogens with one attached hydrogen (secondary N) is 2. The molecule has 21 heteroatoms. The van der Waals surface area contributed by atoms with Crippen LogP contribution in [0.1, 0.15) is 62.1 Å². The fourth-order valence-electron chi connectivity index (χ4n) is 6.79. The van der Waals surface area contributed by atoms with Crippen LogP contribution < -0.4 is 31.3 Å². The number of hydrogen-bond acceptors (Lipinski definition) is 14. The lowest BCUT2D eigenvalue weighted by atomic mass is 9.77. The zero-order chi connectivity index (χ0) is 47.0. The molecule has 9 rings (SSSR count). The molecule has 0 radical (unpaired) electrons. The van der Waals surface area contributed by atoms with Gasteiger partial charge in [0, 0.05) is 25.5 Å². The smallest absolute Gasteiger partial charge is 0.500 e. The molecule has 0 saturated carbocycles. The predicted octanol–water partition coefficient (Wildman–Crippen LogP) is 10.2. The summed E-state index contributed by atoms with van der Waals surface area (Å²) in [5.74, 6) is 3.23. The second kappa shape index (κ2) is 19.4. The molecule has 5 N–H and O–H groups in total. The Bertz CT molecular complexity index is 2650. The van der Waals surface area contributed by atoms with Crippen molar-refractivity contribution in [3.05, 3.63) is 88.7 Å². The highest BCUT2D eigenvalue weighted by atomic mass is 79.9. The second-order valence-electron chi connectivity index (χ2n) is 15.9. The zero-order valence-electron chi connectivity index (χ0n) is 36.5. The van der Waals surface area contributed by atoms with Crippen molar-refractivity contribution in [2.45, 2.75) is 80.4 Å². The van der Waals surface area contributed by atoms with Crippen LogP contribution in [0.5, 0.6) is 17.2 Å². The third-order valence-corrected chi connectivity index (χ3v) is 12.7. The molecule has 6 aromatic rings. The van der Waals surface area contributed by atoms with E-state index in [2.05, 4.69) is 89.8 Å². The van der Waals surface area contributed by atoms with E-state index in [1.807, 2.05) is 87.4 Å². The molecule has 1 saturated heterocycles. The van der Waals surface area contributed by atoms with Gasteiger partial charge < -0.3 is 53.8 Å². The first-order chi connectivity index (χ1) is 30.0. The Morgan fingerprint density at radius 3 is 1.64 bits per heavy atom. The number of aryl methyl sites for hydroxylation is 6. The average Bonchev–Trinajstić information content (AvgIpc) is 3.90. The number of carbonyl (C=O) groups is 2. The van der Waals surface area contributed by atoms with E-state index >= 15 is 0 Å². The molecule has 2 amide bonds. The summed E-state index contributed by atoms with van der Waals surface area (Å²) in [5.41, 5.74) is 13.2. The van der Waals surface area contributed by atoms with E-state index < -0.39 is 0 Å². The number of carbonyl (C=O) groups excluding carboxylic acids is 2. The van der Waals surface area contributed by atoms with Crippen molar-refractivity contribution in [2.24, 2.45) is 0 Å². The van der Waals surface area contributed by atoms with Crippen molar-refractivity contribution < 1.29 is 47.0 Å². The lowest BCUT2D eigenvalue weighted by molar-refractivity contribution is -0.119. The lowest BCUT2D eigenvalue weighted by Gasteiger charge is -2.32. The number of amides is 2. The number of hydrogen-bond donors (Lipinski definition) is 4. The normalized spacial score (nSPS) is 15.4. The molecule has 64 heavy (non-hydrogen) atoms. The Kier molecular flexibility index (Phi) is 14.8. The number of nitrogens with zero attached hydrogens (tertiary/aromatic N) is 3. The van der Waals surface area contributed by atoms with E-state index in [4.69, 9.17) is 43.2 Å². The lowest BCUT2D eigenvalue weighted by Crippen LogP contribution is -2.41. The van der Waals surface area contributed by atoms with E-state index in [1.165, 1.54) is 0 Å². The number of aromatic hydroxyl groups is 1. The minimum Gasteiger partial charge on any atom is -0.505 e. The van der Waals surface area contributed by atoms with Crippen LogP contribution in [0.3, 0.4) is 0 Å². The van der Waals surface area contributed by atoms with E-state index in [-0.39, 0.29) is 49.1 Å². The molecule has 3 aliphatic heterocycles. The van der Waals surface area contributed by atoms with Crippen molar-refractivity contribution in [1.82, 2.24) is 15.5 Å². The zero-order valence-corrected chi connectivity index (χ0v) is 42.9. The van der Waals surface area contributed by atoms with Crippen LogP contribution in [0, 0.1) is 41.5 Å². The number of phenols is 1. The highest BCUT2D eigenvalue weighted by Gasteiger charge is 2.53. The quantitative estimate of drug-likeness (QED) is 0.0736. The average molecular weight is 1140 g/mol. The molecule has 0 bridgehead atoms. The molecule has 1 fully saturated rings. The molecular formula is C43H45BBr4N6O10. The molecule has 0 atom stereocenters. The van der Waals surface area contributed by atoms with Gasteiger partial charge in [0.1, 0.15) is 17.3 Å². The van der Waals surface area contributed by atoms with Gasteiger partial charge in [0.25, 0.3) is 11.8 Å². The standard InChI is InChI=1S/C18H17N3O4.C11H18BNO3.C8H5Br2NO2.C6H5Br2NO/c1-8-16(10(3)24-20-8)12-5-13(17-9(2)21-25-11(17)4)18-14(6-12)19-15(22)7-23-18;1-7-9(8(2)14-13-7)12-15-10(3,4)11(5,6)16-12;9-4-1-5(10)8-6(2-4)11-7(12)3-13-8;7-3-1-4(8)6(10)5(9)2-3/h5-6H,7H2,1-4H3,(H,19,22);1-6H3;1-2H,3H2,(H,11,12);1-2,10H,9H2. The van der Waals surface area contributed by atoms with Crippen molar-refractivity contribution in [1.29, 1.82) is 0 Å². The van der Waals surface area contributed by atoms with Gasteiger partial charge in [0.15, 0.2) is 30.5 Å². The number of nitrogen functional groups attached to an aromatic ring is 1. The Labute approximate surface area is 403 Å². The van der Waals surface area contributed by atoms with E-state index in [0.717, 1.165) is 64.0 Å². The summed E-state index contributed by atoms with van der Waals surface area (Å²) in [7, 11) is -0.378. The summed E-state index contributed by atoms with van der Waals surface area (Å²) in [5, 5.41) is 26.7. The number of aromatic nitrogens is 3. The van der Waals surface area contributed by atoms with Gasteiger partial charge >= 0.3 is 7.12 Å². The van der Waals surface area contributed by atoms with Crippen molar-refractivity contribution in [3.8, 4) is 39.5 Å². The molecule has 3 aromatic carbocycles. The molecule has 16 nitrogen and oxygen atoms in total. The van der Waals surface area contributed by atoms with Gasteiger partial charge in [-0.1, -0.05) is 47.3 Å². The minimum absolute atomic E-state index is 0.0198. The Balaban J connectivity index is 0.000000151. The van der Waals surface area contributed by atoms with E-state index in [1.54, 1.807) is 18.2 Å². The van der Waals surface area contributed by atoms with Gasteiger partial charge in [-0.25, -0.2) is 0 Å². The summed E-state index contributed by atoms with van der Waals surface area (Å²) in [6.45, 7) is 19.4. The molecule has 3 aliphatic rings. The highest BCUT2D eigenvalue weighted by molar-refractivity contribution is 9.11. The number of ether oxygens (including phenoxy) is 2. The van der Waals surface area contributed by atoms with Gasteiger partial charge in [0.2, 0.25) is 0 Å². The van der Waals surface area contributed by atoms with Crippen LogP contribution in [0.15, 0.2) is 67.9 Å². The van der Waals surface area contributed by atoms with Gasteiger partial charge in [-0.3, -0.25) is 9.59 Å². The molecule has 3 aromatic heterocycles. The maximum Gasteiger partial charge on any atom is 0.500 e. The van der Waals surface area contributed by atoms with Crippen LogP contribution in [0.4, 0.5) is 17.1 Å². The Hall–Kier alpha value is -4.67. The van der Waals surface area contributed by atoms with Crippen LogP contribution >= 0.6 is 63.7 Å². The molecular weight excluding hydrogens is 1090 g/mol. The summed E-state index contributed by atoms with van der Waals surface area (Å²) in [4.78, 5) is 22.8. The van der Waals surface area contributed by atoms with Gasteiger partial charge in [-0.05, 0) is 143 Å². The first kappa shape index (κ1) is 48.8. The fourth-order valence-corrected chi connectivity index (χ4v) is 9.39. The van der Waals surface area contributed by atoms with Gasteiger partial charge in [0.05, 0.1) is 59.9 Å². The van der Waals surface area contributed by atoms with Crippen LogP contribution in [0.25, 0.3) is 22.3 Å². The Morgan fingerprint density at radius 2 is 1.12 bits per heavy atom. The minimum atomic E-state index is -0.378. The fraction of sp³-hybridized carbons (Fsp3) is 0.326. The molecule has 0 spiro atoms. The van der Waals surface area contributed by atoms with Crippen molar-refractivity contribution in [2.75, 3.05) is 29.6 Å². The monoisotopic (exact) mass is 1130 g/mol. The van der Waals surface area contributed by atoms with E-state index in [9.17, 15) is 9.59 Å².